The van der Waals surface area contributed by atoms with Crippen molar-refractivity contribution >= 4 is 23.2 Å². The average molecular weight is 391 g/mol. The maximum Gasteiger partial charge on any atom is 0.259 e. The first kappa shape index (κ1) is 19.9. The number of pyridine rings is 1. The van der Waals surface area contributed by atoms with E-state index in [1.165, 1.54) is 13.3 Å². The summed E-state index contributed by atoms with van der Waals surface area (Å²) in [4.78, 5) is 28.9. The van der Waals surface area contributed by atoms with Crippen LogP contribution in [0, 0.1) is 0 Å². The van der Waals surface area contributed by atoms with E-state index in [9.17, 15) is 9.59 Å². The second-order valence-electron chi connectivity index (χ2n) is 5.99. The van der Waals surface area contributed by atoms with Gasteiger partial charge in [0.25, 0.3) is 11.8 Å². The van der Waals surface area contributed by atoms with Crippen molar-refractivity contribution in [2.24, 2.45) is 0 Å². The summed E-state index contributed by atoms with van der Waals surface area (Å²) < 4.78 is 10.9. The number of rotatable bonds is 7. The molecule has 0 saturated heterocycles. The topological polar surface area (TPSA) is 89.6 Å². The van der Waals surface area contributed by atoms with Gasteiger partial charge >= 0.3 is 0 Å². The summed E-state index contributed by atoms with van der Waals surface area (Å²) in [6.45, 7) is 2.32. The van der Waals surface area contributed by atoms with Crippen LogP contribution in [0.5, 0.6) is 11.5 Å². The Morgan fingerprint density at radius 2 is 1.79 bits per heavy atom. The predicted molar refractivity (Wildman–Crippen MR) is 111 cm³/mol. The Kier molecular flexibility index (Phi) is 6.42. The molecule has 0 spiro atoms. The molecule has 0 aliphatic rings. The lowest BCUT2D eigenvalue weighted by molar-refractivity contribution is 0.101. The van der Waals surface area contributed by atoms with Crippen LogP contribution in [0.15, 0.2) is 67.0 Å². The van der Waals surface area contributed by atoms with E-state index in [1.807, 2.05) is 13.0 Å². The number of benzene rings is 2. The normalized spacial score (nSPS) is 10.1. The van der Waals surface area contributed by atoms with Crippen LogP contribution in [0.4, 0.5) is 11.4 Å². The zero-order chi connectivity index (χ0) is 20.6. The number of carbonyl (C=O) groups excluding carboxylic acids is 2. The van der Waals surface area contributed by atoms with Gasteiger partial charge in [-0.05, 0) is 43.3 Å². The molecule has 7 nitrogen and oxygen atoms in total. The minimum absolute atomic E-state index is 0.303. The molecule has 0 unspecified atom stereocenters. The van der Waals surface area contributed by atoms with E-state index >= 15 is 0 Å². The molecular weight excluding hydrogens is 370 g/mol. The monoisotopic (exact) mass is 391 g/mol. The van der Waals surface area contributed by atoms with Crippen LogP contribution in [0.1, 0.15) is 27.6 Å². The third-order valence-corrected chi connectivity index (χ3v) is 4.06. The molecule has 2 amide bonds. The molecule has 148 valence electrons. The van der Waals surface area contributed by atoms with Crippen LogP contribution in [-0.4, -0.2) is 30.5 Å². The first-order valence-corrected chi connectivity index (χ1v) is 9.05. The summed E-state index contributed by atoms with van der Waals surface area (Å²) in [6.07, 6.45) is 3.07. The highest BCUT2D eigenvalue weighted by Crippen LogP contribution is 2.29. The maximum atomic E-state index is 12.6. The zero-order valence-corrected chi connectivity index (χ0v) is 16.1. The van der Waals surface area contributed by atoms with Crippen molar-refractivity contribution in [2.75, 3.05) is 24.4 Å². The molecule has 1 heterocycles. The molecule has 0 aliphatic carbocycles. The highest BCUT2D eigenvalue weighted by molar-refractivity contribution is 6.07. The summed E-state index contributed by atoms with van der Waals surface area (Å²) in [6, 6.07) is 15.4. The molecule has 3 rings (SSSR count). The van der Waals surface area contributed by atoms with Crippen LogP contribution in [0.3, 0.4) is 0 Å². The number of para-hydroxylation sites is 1. The number of hydrogen-bond acceptors (Lipinski definition) is 5. The number of ether oxygens (including phenoxy) is 2. The predicted octanol–water partition coefficient (Wildman–Crippen LogP) is 3.99. The third kappa shape index (κ3) is 4.90. The van der Waals surface area contributed by atoms with E-state index < -0.39 is 0 Å². The molecule has 0 atom stereocenters. The third-order valence-electron chi connectivity index (χ3n) is 4.06. The molecule has 7 heteroatoms. The molecular formula is C22H21N3O4. The molecule has 3 aromatic rings. The lowest BCUT2D eigenvalue weighted by atomic mass is 10.1. The molecule has 0 saturated carbocycles. The fourth-order valence-corrected chi connectivity index (χ4v) is 2.70. The van der Waals surface area contributed by atoms with Gasteiger partial charge in [0.05, 0.1) is 30.5 Å². The standard InChI is InChI=1S/C22H21N3O4/c1-3-29-19-9-5-4-8-17(19)22(27)24-16-10-11-18(20(13-16)28-2)25-21(26)15-7-6-12-23-14-15/h4-14H,3H2,1-2H3,(H,24,27)(H,25,26). The van der Waals surface area contributed by atoms with E-state index in [1.54, 1.807) is 54.7 Å². The van der Waals surface area contributed by atoms with Gasteiger partial charge in [0.15, 0.2) is 0 Å². The Morgan fingerprint density at radius 1 is 0.966 bits per heavy atom. The molecule has 2 N–H and O–H groups in total. The van der Waals surface area contributed by atoms with Crippen molar-refractivity contribution in [1.29, 1.82) is 0 Å². The highest BCUT2D eigenvalue weighted by Gasteiger charge is 2.14. The average Bonchev–Trinajstić information content (AvgIpc) is 2.76. The molecule has 0 fully saturated rings. The van der Waals surface area contributed by atoms with E-state index in [4.69, 9.17) is 9.47 Å². The molecule has 1 aromatic heterocycles. The largest absolute Gasteiger partial charge is 0.494 e. The first-order valence-electron chi connectivity index (χ1n) is 9.05. The number of amides is 2. The lowest BCUT2D eigenvalue weighted by Gasteiger charge is -2.14. The zero-order valence-electron chi connectivity index (χ0n) is 16.1. The van der Waals surface area contributed by atoms with Crippen LogP contribution in [-0.2, 0) is 0 Å². The summed E-state index contributed by atoms with van der Waals surface area (Å²) in [5.74, 6) is 0.319. The Labute approximate surface area is 168 Å². The minimum atomic E-state index is -0.307. The Balaban J connectivity index is 1.77. The van der Waals surface area contributed by atoms with E-state index in [2.05, 4.69) is 15.6 Å². The summed E-state index contributed by atoms with van der Waals surface area (Å²) in [5, 5.41) is 5.60. The van der Waals surface area contributed by atoms with Gasteiger partial charge in [-0.2, -0.15) is 0 Å². The number of aromatic nitrogens is 1. The maximum absolute atomic E-state index is 12.6. The minimum Gasteiger partial charge on any atom is -0.494 e. The van der Waals surface area contributed by atoms with Crippen LogP contribution in [0.2, 0.25) is 0 Å². The number of hydrogen-bond donors (Lipinski definition) is 2. The van der Waals surface area contributed by atoms with Gasteiger partial charge in [-0.1, -0.05) is 12.1 Å². The molecule has 0 bridgehead atoms. The first-order chi connectivity index (χ1) is 14.1. The molecule has 2 aromatic carbocycles. The number of methoxy groups -OCH3 is 1. The van der Waals surface area contributed by atoms with E-state index in [0.717, 1.165) is 0 Å². The fourth-order valence-electron chi connectivity index (χ4n) is 2.70. The Morgan fingerprint density at radius 3 is 2.52 bits per heavy atom. The van der Waals surface area contributed by atoms with Crippen molar-refractivity contribution in [3.63, 3.8) is 0 Å². The van der Waals surface area contributed by atoms with Crippen LogP contribution >= 0.6 is 0 Å². The summed E-state index contributed by atoms with van der Waals surface area (Å²) >= 11 is 0. The van der Waals surface area contributed by atoms with Gasteiger partial charge in [-0.25, -0.2) is 0 Å². The van der Waals surface area contributed by atoms with Gasteiger partial charge in [0, 0.05) is 24.1 Å². The second-order valence-corrected chi connectivity index (χ2v) is 5.99. The second kappa shape index (κ2) is 9.36. The van der Waals surface area contributed by atoms with Gasteiger partial charge in [0.1, 0.15) is 11.5 Å². The van der Waals surface area contributed by atoms with Crippen molar-refractivity contribution in [3.05, 3.63) is 78.1 Å². The van der Waals surface area contributed by atoms with Gasteiger partial charge in [-0.15, -0.1) is 0 Å². The Hall–Kier alpha value is -3.87. The van der Waals surface area contributed by atoms with Gasteiger partial charge in [-0.3, -0.25) is 14.6 Å². The van der Waals surface area contributed by atoms with E-state index in [-0.39, 0.29) is 11.8 Å². The van der Waals surface area contributed by atoms with Crippen molar-refractivity contribution in [2.45, 2.75) is 6.92 Å². The Bertz CT molecular complexity index is 1010. The van der Waals surface area contributed by atoms with Gasteiger partial charge in [0.2, 0.25) is 0 Å². The number of nitrogens with zero attached hydrogens (tertiary/aromatic N) is 1. The molecule has 29 heavy (non-hydrogen) atoms. The van der Waals surface area contributed by atoms with Crippen molar-refractivity contribution < 1.29 is 19.1 Å². The quantitative estimate of drug-likeness (QED) is 0.636. The summed E-state index contributed by atoms with van der Waals surface area (Å²) in [7, 11) is 1.49. The SMILES string of the molecule is CCOc1ccccc1C(=O)Nc1ccc(NC(=O)c2cccnc2)c(OC)c1. The number of nitrogens with one attached hydrogen (secondary N) is 2. The lowest BCUT2D eigenvalue weighted by Crippen LogP contribution is -2.15. The summed E-state index contributed by atoms with van der Waals surface area (Å²) in [5.41, 5.74) is 1.87. The van der Waals surface area contributed by atoms with E-state index in [0.29, 0.717) is 40.6 Å². The molecule has 0 radical (unpaired) electrons. The van der Waals surface area contributed by atoms with Crippen molar-refractivity contribution in [3.8, 4) is 11.5 Å². The van der Waals surface area contributed by atoms with Crippen LogP contribution < -0.4 is 20.1 Å². The van der Waals surface area contributed by atoms with Crippen molar-refractivity contribution in [1.82, 2.24) is 4.98 Å². The van der Waals surface area contributed by atoms with Gasteiger partial charge < -0.3 is 20.1 Å². The number of carbonyl (C=O) groups is 2. The smallest absolute Gasteiger partial charge is 0.259 e. The number of anilines is 2. The van der Waals surface area contributed by atoms with Crippen LogP contribution in [0.25, 0.3) is 0 Å². The fraction of sp³-hybridized carbons (Fsp3) is 0.136. The molecule has 0 aliphatic heterocycles. The highest BCUT2D eigenvalue weighted by atomic mass is 16.5.